The molecule has 3 nitrogen and oxygen atoms in total. The quantitative estimate of drug-likeness (QED) is 0.269. The minimum atomic E-state index is -0.462. The average molecular weight is 99.1 g/mol. The molecule has 0 saturated heterocycles. The van der Waals surface area contributed by atoms with E-state index in [0.717, 1.165) is 0 Å². The van der Waals surface area contributed by atoms with Crippen molar-refractivity contribution in [3.05, 3.63) is 10.1 Å². The first kappa shape index (κ1) is 5.96. The lowest BCUT2D eigenvalue weighted by molar-refractivity contribution is -0.466. The molecule has 7 heavy (non-hydrogen) atoms. The molecule has 0 spiro atoms. The Morgan fingerprint density at radius 1 is 1.86 bits per heavy atom. The lowest BCUT2D eigenvalue weighted by Crippen LogP contribution is -1.95. The third-order valence-electron chi connectivity index (χ3n) is 0.385. The molecule has 0 heterocycles. The van der Waals surface area contributed by atoms with Crippen LogP contribution in [-0.2, 0) is 0 Å². The summed E-state index contributed by atoms with van der Waals surface area (Å²) in [5.74, 6) is 4.71. The summed E-state index contributed by atoms with van der Waals surface area (Å²) in [6.07, 6.45) is 0. The van der Waals surface area contributed by atoms with Gasteiger partial charge in [-0.15, -0.1) is 5.92 Å². The number of rotatable bonds is 1. The van der Waals surface area contributed by atoms with Gasteiger partial charge >= 0.3 is 0 Å². The van der Waals surface area contributed by atoms with Gasteiger partial charge in [0.2, 0.25) is 0 Å². The second-order valence-electron chi connectivity index (χ2n) is 0.918. The van der Waals surface area contributed by atoms with Gasteiger partial charge in [0.05, 0.1) is 0 Å². The predicted octanol–water partition coefficient (Wildman–Crippen LogP) is 0.286. The molecule has 0 radical (unpaired) electrons. The van der Waals surface area contributed by atoms with Crippen molar-refractivity contribution >= 4 is 0 Å². The van der Waals surface area contributed by atoms with Crippen LogP contribution in [0.3, 0.4) is 0 Å². The molecule has 0 rings (SSSR count). The Morgan fingerprint density at radius 2 is 2.43 bits per heavy atom. The van der Waals surface area contributed by atoms with Crippen molar-refractivity contribution < 1.29 is 4.92 Å². The van der Waals surface area contributed by atoms with Crippen LogP contribution >= 0.6 is 0 Å². The maximum atomic E-state index is 9.46. The normalized spacial score (nSPS) is 6.43. The molecule has 0 fully saturated rings. The van der Waals surface area contributed by atoms with Crippen LogP contribution in [0.4, 0.5) is 0 Å². The molecular formula is C4H5NO2. The average Bonchev–Trinajstić information content (AvgIpc) is 1.61. The van der Waals surface area contributed by atoms with Crippen LogP contribution in [0.2, 0.25) is 0 Å². The lowest BCUT2D eigenvalue weighted by Gasteiger charge is -1.75. The van der Waals surface area contributed by atoms with Gasteiger partial charge in [0.15, 0.2) is 0 Å². The van der Waals surface area contributed by atoms with Crippen LogP contribution < -0.4 is 0 Å². The Balaban J connectivity index is 3.26. The number of hydrogen-bond donors (Lipinski definition) is 0. The minimum absolute atomic E-state index is 0.240. The van der Waals surface area contributed by atoms with Gasteiger partial charge < -0.3 is 0 Å². The Morgan fingerprint density at radius 3 is 2.57 bits per heavy atom. The van der Waals surface area contributed by atoms with Crippen molar-refractivity contribution in [3.63, 3.8) is 0 Å². The highest BCUT2D eigenvalue weighted by atomic mass is 16.6. The van der Waals surface area contributed by atoms with E-state index in [1.54, 1.807) is 6.92 Å². The molecule has 0 N–H and O–H groups in total. The Kier molecular flexibility index (Phi) is 2.69. The van der Waals surface area contributed by atoms with E-state index < -0.39 is 4.92 Å². The zero-order valence-corrected chi connectivity index (χ0v) is 3.97. The first-order valence-corrected chi connectivity index (χ1v) is 1.78. The summed E-state index contributed by atoms with van der Waals surface area (Å²) in [4.78, 5) is 9.00. The molecule has 3 heteroatoms. The molecule has 0 aliphatic rings. The van der Waals surface area contributed by atoms with Gasteiger partial charge in [-0.05, 0) is 12.8 Å². The van der Waals surface area contributed by atoms with Crippen molar-refractivity contribution in [1.29, 1.82) is 0 Å². The van der Waals surface area contributed by atoms with E-state index in [0.29, 0.717) is 0 Å². The molecular weight excluding hydrogens is 94.0 g/mol. The highest BCUT2D eigenvalue weighted by Crippen LogP contribution is 1.61. The van der Waals surface area contributed by atoms with Gasteiger partial charge in [-0.25, -0.2) is 0 Å². The number of hydrogen-bond acceptors (Lipinski definition) is 2. The molecule has 0 bridgehead atoms. The van der Waals surface area contributed by atoms with Crippen LogP contribution in [0.5, 0.6) is 0 Å². The molecule has 0 unspecified atom stereocenters. The summed E-state index contributed by atoms with van der Waals surface area (Å²) < 4.78 is 0. The molecule has 0 aromatic heterocycles. The van der Waals surface area contributed by atoms with Crippen LogP contribution in [0.15, 0.2) is 0 Å². The van der Waals surface area contributed by atoms with Crippen LogP contribution in [0, 0.1) is 22.0 Å². The summed E-state index contributed by atoms with van der Waals surface area (Å²) in [6, 6.07) is 0. The number of nitrogens with zero attached hydrogens (tertiary/aromatic N) is 1. The summed E-state index contributed by atoms with van der Waals surface area (Å²) in [5, 5.41) is 9.46. The van der Waals surface area contributed by atoms with Gasteiger partial charge in [-0.1, -0.05) is 0 Å². The van der Waals surface area contributed by atoms with E-state index in [-0.39, 0.29) is 6.54 Å². The van der Waals surface area contributed by atoms with Crippen molar-refractivity contribution in [2.45, 2.75) is 6.92 Å². The Bertz CT molecular complexity index is 119. The van der Waals surface area contributed by atoms with Gasteiger partial charge in [-0.2, -0.15) is 0 Å². The first-order chi connectivity index (χ1) is 3.27. The molecule has 0 aromatic carbocycles. The zero-order chi connectivity index (χ0) is 5.70. The second-order valence-corrected chi connectivity index (χ2v) is 0.918. The summed E-state index contributed by atoms with van der Waals surface area (Å²) in [7, 11) is 0. The Hall–Kier alpha value is -1.04. The minimum Gasteiger partial charge on any atom is -0.264 e. The summed E-state index contributed by atoms with van der Waals surface area (Å²) in [6.45, 7) is 1.33. The van der Waals surface area contributed by atoms with Crippen LogP contribution in [-0.4, -0.2) is 11.5 Å². The molecule has 0 amide bonds. The zero-order valence-electron chi connectivity index (χ0n) is 3.97. The van der Waals surface area contributed by atoms with E-state index in [4.69, 9.17) is 0 Å². The van der Waals surface area contributed by atoms with Crippen molar-refractivity contribution in [3.8, 4) is 11.8 Å². The van der Waals surface area contributed by atoms with E-state index in [1.807, 2.05) is 0 Å². The standard InChI is InChI=1S/C4H5NO2/c1-2-3-4-5(6)7/h4H2,1H3. The number of nitro groups is 1. The van der Waals surface area contributed by atoms with Crippen molar-refractivity contribution in [2.24, 2.45) is 0 Å². The molecule has 0 atom stereocenters. The largest absolute Gasteiger partial charge is 0.264 e. The van der Waals surface area contributed by atoms with E-state index in [1.165, 1.54) is 0 Å². The van der Waals surface area contributed by atoms with E-state index in [9.17, 15) is 10.1 Å². The Labute approximate surface area is 41.5 Å². The third-order valence-corrected chi connectivity index (χ3v) is 0.385. The van der Waals surface area contributed by atoms with E-state index >= 15 is 0 Å². The van der Waals surface area contributed by atoms with Gasteiger partial charge in [-0.3, -0.25) is 10.1 Å². The molecule has 0 saturated carbocycles. The van der Waals surface area contributed by atoms with E-state index in [2.05, 4.69) is 11.8 Å². The molecule has 0 aromatic rings. The SMILES string of the molecule is CC#CC[N+](=O)[O-]. The maximum Gasteiger partial charge on any atom is 0.263 e. The fourth-order valence-corrected chi connectivity index (χ4v) is 0.144. The smallest absolute Gasteiger partial charge is 0.263 e. The third kappa shape index (κ3) is 4.96. The highest BCUT2D eigenvalue weighted by Gasteiger charge is 1.82. The lowest BCUT2D eigenvalue weighted by atomic mass is 10.6. The fraction of sp³-hybridized carbons (Fsp3) is 0.500. The fourth-order valence-electron chi connectivity index (χ4n) is 0.144. The summed E-state index contributed by atoms with van der Waals surface area (Å²) in [5.41, 5.74) is 0. The predicted molar refractivity (Wildman–Crippen MR) is 25.3 cm³/mol. The molecule has 0 aliphatic heterocycles. The van der Waals surface area contributed by atoms with Crippen molar-refractivity contribution in [1.82, 2.24) is 0 Å². The topological polar surface area (TPSA) is 43.1 Å². The molecule has 38 valence electrons. The monoisotopic (exact) mass is 99.0 g/mol. The first-order valence-electron chi connectivity index (χ1n) is 1.78. The van der Waals surface area contributed by atoms with Gasteiger partial charge in [0, 0.05) is 4.92 Å². The van der Waals surface area contributed by atoms with Gasteiger partial charge in [0.1, 0.15) is 0 Å². The summed E-state index contributed by atoms with van der Waals surface area (Å²) >= 11 is 0. The van der Waals surface area contributed by atoms with Crippen LogP contribution in [0.1, 0.15) is 6.92 Å². The van der Waals surface area contributed by atoms with Crippen molar-refractivity contribution in [2.75, 3.05) is 6.54 Å². The van der Waals surface area contributed by atoms with Gasteiger partial charge in [0.25, 0.3) is 6.54 Å². The second kappa shape index (κ2) is 3.16. The van der Waals surface area contributed by atoms with Crippen LogP contribution in [0.25, 0.3) is 0 Å². The maximum absolute atomic E-state index is 9.46. The molecule has 0 aliphatic carbocycles. The highest BCUT2D eigenvalue weighted by molar-refractivity contribution is 4.94.